The van der Waals surface area contributed by atoms with Crippen LogP contribution < -0.4 is 10.2 Å². The Morgan fingerprint density at radius 2 is 1.57 bits per heavy atom. The van der Waals surface area contributed by atoms with Gasteiger partial charge < -0.3 is 4.57 Å². The van der Waals surface area contributed by atoms with Crippen molar-refractivity contribution in [1.29, 1.82) is 0 Å². The molecule has 0 aliphatic heterocycles. The first-order valence-corrected chi connectivity index (χ1v) is 12.7. The third-order valence-corrected chi connectivity index (χ3v) is 7.25. The average molecular weight is 486 g/mol. The van der Waals surface area contributed by atoms with Gasteiger partial charge in [0.15, 0.2) is 0 Å². The van der Waals surface area contributed by atoms with E-state index in [1.807, 2.05) is 74.0 Å². The molecule has 1 N–H and O–H groups in total. The summed E-state index contributed by atoms with van der Waals surface area (Å²) in [6.07, 6.45) is 1.88. The van der Waals surface area contributed by atoms with Gasteiger partial charge in [0.1, 0.15) is 5.49 Å². The Hall–Kier alpha value is -3.97. The third kappa shape index (κ3) is 5.75. The number of pyridine rings is 1. The monoisotopic (exact) mass is 485 g/mol. The van der Waals surface area contributed by atoms with E-state index in [0.717, 1.165) is 16.7 Å². The molecule has 0 spiro atoms. The van der Waals surface area contributed by atoms with Gasteiger partial charge in [0.25, 0.3) is 15.9 Å². The third-order valence-electron chi connectivity index (χ3n) is 5.87. The van der Waals surface area contributed by atoms with E-state index < -0.39 is 15.9 Å². The first kappa shape index (κ1) is 24.2. The number of hydrogen-bond donors (Lipinski definition) is 1. The lowest BCUT2D eigenvalue weighted by Gasteiger charge is -2.12. The van der Waals surface area contributed by atoms with Crippen LogP contribution in [0, 0.1) is 20.8 Å². The zero-order chi connectivity index (χ0) is 25.0. The normalized spacial score (nSPS) is 11.9. The molecule has 7 heteroatoms. The Labute approximate surface area is 205 Å². The second-order valence-electron chi connectivity index (χ2n) is 8.47. The average Bonchev–Trinajstić information content (AvgIpc) is 2.84. The van der Waals surface area contributed by atoms with E-state index in [1.165, 1.54) is 29.8 Å². The highest BCUT2D eigenvalue weighted by atomic mass is 32.2. The van der Waals surface area contributed by atoms with Crippen molar-refractivity contribution in [2.24, 2.45) is 4.99 Å². The maximum Gasteiger partial charge on any atom is 0.278 e. The highest BCUT2D eigenvalue weighted by Crippen LogP contribution is 2.22. The van der Waals surface area contributed by atoms with Crippen LogP contribution in [-0.2, 0) is 16.6 Å². The van der Waals surface area contributed by atoms with Gasteiger partial charge in [-0.2, -0.15) is 4.99 Å². The van der Waals surface area contributed by atoms with Gasteiger partial charge in [-0.1, -0.05) is 48.0 Å². The molecule has 4 aromatic rings. The molecule has 1 heterocycles. The molecule has 0 radical (unpaired) electrons. The highest BCUT2D eigenvalue weighted by Gasteiger charge is 2.16. The van der Waals surface area contributed by atoms with Crippen molar-refractivity contribution >= 4 is 21.6 Å². The quantitative estimate of drug-likeness (QED) is 0.417. The molecule has 1 aromatic heterocycles. The predicted octanol–water partition coefficient (Wildman–Crippen LogP) is 5.00. The molecule has 0 atom stereocenters. The summed E-state index contributed by atoms with van der Waals surface area (Å²) in [6.45, 7) is 6.41. The van der Waals surface area contributed by atoms with E-state index in [1.54, 1.807) is 18.2 Å². The maximum absolute atomic E-state index is 12.9. The lowest BCUT2D eigenvalue weighted by Crippen LogP contribution is -2.22. The molecule has 0 bridgehead atoms. The van der Waals surface area contributed by atoms with E-state index in [-0.39, 0.29) is 4.90 Å². The topological polar surface area (TPSA) is 80.5 Å². The Kier molecular flexibility index (Phi) is 6.98. The van der Waals surface area contributed by atoms with Gasteiger partial charge in [0, 0.05) is 18.3 Å². The van der Waals surface area contributed by atoms with Crippen LogP contribution in [0.3, 0.4) is 0 Å². The molecule has 178 valence electrons. The number of carbonyl (C=O) groups excluding carboxylic acids is 1. The van der Waals surface area contributed by atoms with Crippen molar-refractivity contribution in [2.75, 3.05) is 4.72 Å². The molecule has 6 nitrogen and oxygen atoms in total. The molecular formula is C28H27N3O3S. The minimum Gasteiger partial charge on any atom is -0.328 e. The van der Waals surface area contributed by atoms with Crippen LogP contribution in [0.25, 0.3) is 0 Å². The van der Waals surface area contributed by atoms with Gasteiger partial charge in [-0.05, 0) is 79.9 Å². The summed E-state index contributed by atoms with van der Waals surface area (Å²) < 4.78 is 30.2. The smallest absolute Gasteiger partial charge is 0.278 e. The molecule has 35 heavy (non-hydrogen) atoms. The van der Waals surface area contributed by atoms with Crippen molar-refractivity contribution in [2.45, 2.75) is 32.2 Å². The Balaban J connectivity index is 1.56. The molecule has 0 aliphatic carbocycles. The van der Waals surface area contributed by atoms with Crippen LogP contribution in [0.4, 0.5) is 5.69 Å². The van der Waals surface area contributed by atoms with Crippen LogP contribution >= 0.6 is 0 Å². The highest BCUT2D eigenvalue weighted by molar-refractivity contribution is 7.92. The van der Waals surface area contributed by atoms with Gasteiger partial charge in [-0.15, -0.1) is 0 Å². The van der Waals surface area contributed by atoms with E-state index in [9.17, 15) is 13.2 Å². The Morgan fingerprint density at radius 3 is 2.29 bits per heavy atom. The standard InChI is InChI=1S/C28H27N3O3S/c1-20-10-12-23(13-11-20)19-31-18-5-4-9-27(31)29-28(32)24-14-16-25(17-15-24)35(33,34)30-26-8-6-7-21(2)22(26)3/h4-18,30H,19H2,1-3H3. The van der Waals surface area contributed by atoms with Gasteiger partial charge in [0.2, 0.25) is 0 Å². The molecule has 0 fully saturated rings. The van der Waals surface area contributed by atoms with Crippen molar-refractivity contribution < 1.29 is 13.2 Å². The fourth-order valence-electron chi connectivity index (χ4n) is 3.60. The molecule has 0 saturated heterocycles. The number of nitrogens with zero attached hydrogens (tertiary/aromatic N) is 2. The van der Waals surface area contributed by atoms with Gasteiger partial charge >= 0.3 is 0 Å². The van der Waals surface area contributed by atoms with Crippen LogP contribution in [0.15, 0.2) is 101 Å². The minimum atomic E-state index is -3.79. The fourth-order valence-corrected chi connectivity index (χ4v) is 4.73. The SMILES string of the molecule is Cc1ccc(Cn2ccccc2=NC(=O)c2ccc(S(=O)(=O)Nc3cccc(C)c3C)cc2)cc1. The number of aromatic nitrogens is 1. The number of sulfonamides is 1. The van der Waals surface area contributed by atoms with E-state index >= 15 is 0 Å². The van der Waals surface area contributed by atoms with E-state index in [4.69, 9.17) is 0 Å². The molecule has 0 unspecified atom stereocenters. The molecule has 3 aromatic carbocycles. The van der Waals surface area contributed by atoms with Crippen LogP contribution in [0.2, 0.25) is 0 Å². The van der Waals surface area contributed by atoms with E-state index in [2.05, 4.69) is 9.71 Å². The lowest BCUT2D eigenvalue weighted by molar-refractivity contribution is 0.0997. The van der Waals surface area contributed by atoms with Crippen molar-refractivity contribution in [3.8, 4) is 0 Å². The molecule has 4 rings (SSSR count). The first-order valence-electron chi connectivity index (χ1n) is 11.2. The summed E-state index contributed by atoms with van der Waals surface area (Å²) in [4.78, 5) is 17.2. The summed E-state index contributed by atoms with van der Waals surface area (Å²) in [5.41, 5.74) is 5.50. The summed E-state index contributed by atoms with van der Waals surface area (Å²) in [6, 6.07) is 24.9. The molecule has 1 amide bonds. The zero-order valence-corrected chi connectivity index (χ0v) is 20.7. The number of aryl methyl sites for hydroxylation is 2. The number of hydrogen-bond acceptors (Lipinski definition) is 3. The number of carbonyl (C=O) groups is 1. The zero-order valence-electron chi connectivity index (χ0n) is 19.9. The Morgan fingerprint density at radius 1 is 0.857 bits per heavy atom. The molecular weight excluding hydrogens is 458 g/mol. The summed E-state index contributed by atoms with van der Waals surface area (Å²) in [5.74, 6) is -0.444. The van der Waals surface area contributed by atoms with Crippen molar-refractivity contribution in [1.82, 2.24) is 4.57 Å². The minimum absolute atomic E-state index is 0.0732. The summed E-state index contributed by atoms with van der Waals surface area (Å²) >= 11 is 0. The molecule has 0 aliphatic rings. The lowest BCUT2D eigenvalue weighted by atomic mass is 10.1. The molecule has 0 saturated carbocycles. The van der Waals surface area contributed by atoms with Crippen molar-refractivity contribution in [3.63, 3.8) is 0 Å². The van der Waals surface area contributed by atoms with Gasteiger partial charge in [-0.25, -0.2) is 8.42 Å². The van der Waals surface area contributed by atoms with E-state index in [0.29, 0.717) is 23.3 Å². The van der Waals surface area contributed by atoms with Crippen LogP contribution in [0.5, 0.6) is 0 Å². The van der Waals surface area contributed by atoms with Gasteiger partial charge in [0.05, 0.1) is 10.6 Å². The second-order valence-corrected chi connectivity index (χ2v) is 10.1. The van der Waals surface area contributed by atoms with Crippen LogP contribution in [0.1, 0.15) is 32.6 Å². The number of anilines is 1. The number of nitrogens with one attached hydrogen (secondary N) is 1. The predicted molar refractivity (Wildman–Crippen MR) is 138 cm³/mol. The fraction of sp³-hybridized carbons (Fsp3) is 0.143. The first-order chi connectivity index (χ1) is 16.7. The number of benzene rings is 3. The second kappa shape index (κ2) is 10.1. The largest absolute Gasteiger partial charge is 0.328 e. The van der Waals surface area contributed by atoms with Crippen molar-refractivity contribution in [3.05, 3.63) is 124 Å². The number of amides is 1. The Bertz CT molecular complexity index is 1540. The summed E-state index contributed by atoms with van der Waals surface area (Å²) in [5, 5.41) is 0. The summed E-state index contributed by atoms with van der Waals surface area (Å²) in [7, 11) is -3.79. The van der Waals surface area contributed by atoms with Crippen LogP contribution in [-0.4, -0.2) is 18.9 Å². The van der Waals surface area contributed by atoms with Gasteiger partial charge in [-0.3, -0.25) is 9.52 Å². The maximum atomic E-state index is 12.9. The number of rotatable bonds is 6.